The molecule has 316 valence electrons. The Morgan fingerprint density at radius 1 is 0.967 bits per heavy atom. The lowest BCUT2D eigenvalue weighted by Gasteiger charge is -2.32. The first-order chi connectivity index (χ1) is 28.7. The Balaban J connectivity index is 1.49. The third-order valence-electron chi connectivity index (χ3n) is 10.5. The fraction of sp³-hybridized carbons (Fsp3) is 0.310. The van der Waals surface area contributed by atoms with Crippen LogP contribution < -0.4 is 32.7 Å². The largest absolute Gasteiger partial charge is 0.370 e. The highest BCUT2D eigenvalue weighted by atomic mass is 35.5. The first kappa shape index (κ1) is 44.5. The zero-order valence-electron chi connectivity index (χ0n) is 32.9. The van der Waals surface area contributed by atoms with Gasteiger partial charge in [0.05, 0.1) is 16.4 Å². The van der Waals surface area contributed by atoms with Crippen molar-refractivity contribution >= 4 is 70.8 Å². The molecule has 3 heterocycles. The average molecular weight is 875 g/mol. The fourth-order valence-corrected chi connectivity index (χ4v) is 9.09. The molecule has 0 aliphatic carbocycles. The molecule has 3 aromatic carbocycles. The number of pyridine rings is 1. The van der Waals surface area contributed by atoms with E-state index >= 15 is 0 Å². The van der Waals surface area contributed by atoms with Crippen LogP contribution in [0, 0.1) is 0 Å². The molecule has 0 fully saturated rings. The molecule has 60 heavy (non-hydrogen) atoms. The van der Waals surface area contributed by atoms with Gasteiger partial charge in [0.1, 0.15) is 17.1 Å². The van der Waals surface area contributed by atoms with Gasteiger partial charge in [0.15, 0.2) is 0 Å². The van der Waals surface area contributed by atoms with E-state index in [1.807, 2.05) is 36.5 Å². The summed E-state index contributed by atoms with van der Waals surface area (Å²) in [6.07, 6.45) is 4.86. The number of nitrogens with zero attached hydrogens (tertiary/aromatic N) is 2. The Hall–Kier alpha value is -5.06. The third kappa shape index (κ3) is 10.8. The minimum absolute atomic E-state index is 0.0495. The number of nitrogens with one attached hydrogen (secondary N) is 4. The standard InChI is InChI=1S/C42H48ClN8O7PS/c1-51-36(21-27-23-47-33-9-3-2-8-30(27)33)40(54)49-24-31-29(25-11-13-28(14-12-25)59(56,57)58)15-16-32(43)38(31)60-41-26(7-6-20-46-41)22-48-34(17-18-37(45)52)39(53)50-35(42(51)55)10-4-5-19-44/h2-3,6-9,11-16,20,23,34-36,47-48H,4-5,10,17-19,21-22,24,44H2,1H3,(H2,45,52)(H,49,54)(H,50,53)(H2,56,57,58)/t34-,35-,36-/m0/s1. The number of unbranched alkanes of at least 4 members (excludes halogenated alkanes) is 1. The lowest BCUT2D eigenvalue weighted by atomic mass is 9.98. The molecule has 0 spiro atoms. The van der Waals surface area contributed by atoms with E-state index in [2.05, 4.69) is 25.9 Å². The van der Waals surface area contributed by atoms with Crippen LogP contribution in [0.25, 0.3) is 22.0 Å². The molecule has 6 rings (SSSR count). The van der Waals surface area contributed by atoms with E-state index in [4.69, 9.17) is 23.1 Å². The smallest absolute Gasteiger partial charge is 0.356 e. The van der Waals surface area contributed by atoms with Crippen molar-refractivity contribution in [3.8, 4) is 11.1 Å². The van der Waals surface area contributed by atoms with Crippen LogP contribution in [0.5, 0.6) is 0 Å². The molecule has 4 amide bonds. The average Bonchev–Trinajstić information content (AvgIpc) is 3.64. The number of likely N-dealkylation sites (N-methyl/N-ethyl adjacent to an activating group) is 1. The molecular formula is C42H48ClN8O7PS. The van der Waals surface area contributed by atoms with Crippen LogP contribution in [0.2, 0.25) is 5.02 Å². The second-order valence-electron chi connectivity index (χ2n) is 14.6. The van der Waals surface area contributed by atoms with E-state index in [9.17, 15) is 33.5 Å². The van der Waals surface area contributed by atoms with Crippen molar-refractivity contribution in [2.24, 2.45) is 11.5 Å². The van der Waals surface area contributed by atoms with Crippen LogP contribution in [0.15, 0.2) is 95.1 Å². The highest BCUT2D eigenvalue weighted by Crippen LogP contribution is 2.42. The van der Waals surface area contributed by atoms with Gasteiger partial charge >= 0.3 is 7.60 Å². The minimum Gasteiger partial charge on any atom is -0.370 e. The number of amides is 4. The molecule has 0 bridgehead atoms. The Labute approximate surface area is 356 Å². The van der Waals surface area contributed by atoms with Gasteiger partial charge in [-0.2, -0.15) is 0 Å². The van der Waals surface area contributed by atoms with E-state index in [-0.39, 0.29) is 44.1 Å². The molecule has 5 aromatic rings. The summed E-state index contributed by atoms with van der Waals surface area (Å²) in [5, 5.41) is 10.9. The van der Waals surface area contributed by atoms with Crippen molar-refractivity contribution in [2.75, 3.05) is 13.6 Å². The summed E-state index contributed by atoms with van der Waals surface area (Å²) in [6.45, 7) is 0.459. The van der Waals surface area contributed by atoms with E-state index in [1.165, 1.54) is 35.8 Å². The number of nitrogens with two attached hydrogens (primary N) is 2. The number of halogens is 1. The summed E-state index contributed by atoms with van der Waals surface area (Å²) in [5.74, 6) is -2.08. The molecule has 0 saturated heterocycles. The van der Waals surface area contributed by atoms with Gasteiger partial charge in [-0.3, -0.25) is 23.7 Å². The third-order valence-corrected chi connectivity index (χ3v) is 13.1. The molecule has 1 aliphatic heterocycles. The number of aromatic amines is 1. The number of rotatable bonds is 11. The normalized spacial score (nSPS) is 18.3. The maximum absolute atomic E-state index is 14.7. The number of benzene rings is 3. The molecule has 3 atom stereocenters. The number of carbonyl (C=O) groups excluding carboxylic acids is 4. The lowest BCUT2D eigenvalue weighted by molar-refractivity contribution is -0.142. The van der Waals surface area contributed by atoms with Crippen LogP contribution in [-0.4, -0.2) is 80.0 Å². The number of carbonyl (C=O) groups is 4. The van der Waals surface area contributed by atoms with Gasteiger partial charge < -0.3 is 47.1 Å². The summed E-state index contributed by atoms with van der Waals surface area (Å²) >= 11 is 8.22. The molecule has 15 nitrogen and oxygen atoms in total. The number of fused-ring (bicyclic) bond motifs is 3. The van der Waals surface area contributed by atoms with Crippen LogP contribution in [0.1, 0.15) is 48.8 Å². The second kappa shape index (κ2) is 20.0. The van der Waals surface area contributed by atoms with Crippen LogP contribution in [-0.2, 0) is 43.3 Å². The molecular weight excluding hydrogens is 827 g/mol. The summed E-state index contributed by atoms with van der Waals surface area (Å²) in [6, 6.07) is 17.6. The molecule has 0 saturated carbocycles. The zero-order valence-corrected chi connectivity index (χ0v) is 35.4. The molecule has 2 aromatic heterocycles. The first-order valence-electron chi connectivity index (χ1n) is 19.5. The van der Waals surface area contributed by atoms with Gasteiger partial charge in [-0.05, 0) is 90.4 Å². The zero-order chi connectivity index (χ0) is 43.0. The number of aromatic nitrogens is 2. The summed E-state index contributed by atoms with van der Waals surface area (Å²) in [7, 11) is -2.99. The SMILES string of the molecule is CN1C(=O)[C@H](CCCCN)NC(=O)[C@H](CCC(N)=O)NCc2cccnc2Sc2c(Cl)ccc(-c3ccc(P(=O)(O)O)cc3)c2CNC(=O)[C@@H]1Cc1c[nH]c2ccccc12. The van der Waals surface area contributed by atoms with Crippen molar-refractivity contribution in [3.05, 3.63) is 107 Å². The van der Waals surface area contributed by atoms with Crippen molar-refractivity contribution < 1.29 is 33.5 Å². The predicted molar refractivity (Wildman–Crippen MR) is 231 cm³/mol. The van der Waals surface area contributed by atoms with Crippen molar-refractivity contribution in [2.45, 2.75) is 79.7 Å². The molecule has 18 heteroatoms. The quantitative estimate of drug-likeness (QED) is 0.0699. The van der Waals surface area contributed by atoms with Crippen LogP contribution >= 0.6 is 31.0 Å². The molecule has 0 radical (unpaired) electrons. The Bertz CT molecular complexity index is 2410. The number of H-pyrrole nitrogens is 1. The molecule has 10 N–H and O–H groups in total. The summed E-state index contributed by atoms with van der Waals surface area (Å²) < 4.78 is 12.0. The Kier molecular flexibility index (Phi) is 14.8. The fourth-order valence-electron chi connectivity index (χ4n) is 7.21. The van der Waals surface area contributed by atoms with Gasteiger partial charge in [0.25, 0.3) is 0 Å². The van der Waals surface area contributed by atoms with Gasteiger partial charge in [-0.1, -0.05) is 65.8 Å². The van der Waals surface area contributed by atoms with Gasteiger partial charge in [-0.15, -0.1) is 0 Å². The monoisotopic (exact) mass is 874 g/mol. The van der Waals surface area contributed by atoms with Crippen molar-refractivity contribution in [1.29, 1.82) is 0 Å². The Morgan fingerprint density at radius 2 is 1.73 bits per heavy atom. The second-order valence-corrected chi connectivity index (χ2v) is 17.6. The van der Waals surface area contributed by atoms with Gasteiger partial charge in [0, 0.05) is 61.2 Å². The summed E-state index contributed by atoms with van der Waals surface area (Å²) in [4.78, 5) is 84.8. The summed E-state index contributed by atoms with van der Waals surface area (Å²) in [5.41, 5.74) is 15.5. The van der Waals surface area contributed by atoms with E-state index < -0.39 is 49.4 Å². The van der Waals surface area contributed by atoms with Crippen LogP contribution in [0.3, 0.4) is 0 Å². The van der Waals surface area contributed by atoms with E-state index in [0.29, 0.717) is 56.6 Å². The van der Waals surface area contributed by atoms with Crippen LogP contribution in [0.4, 0.5) is 0 Å². The van der Waals surface area contributed by atoms with E-state index in [0.717, 1.165) is 16.5 Å². The van der Waals surface area contributed by atoms with Gasteiger partial charge in [0.2, 0.25) is 23.6 Å². The first-order valence-corrected chi connectivity index (χ1v) is 22.3. The number of hydrogen-bond acceptors (Lipinski definition) is 9. The number of para-hydroxylation sites is 1. The highest BCUT2D eigenvalue weighted by Gasteiger charge is 2.34. The maximum Gasteiger partial charge on any atom is 0.356 e. The highest BCUT2D eigenvalue weighted by molar-refractivity contribution is 7.99. The minimum atomic E-state index is -4.53. The topological polar surface area (TPSA) is 246 Å². The predicted octanol–water partition coefficient (Wildman–Crippen LogP) is 3.87. The maximum atomic E-state index is 14.7. The molecule has 0 unspecified atom stereocenters. The van der Waals surface area contributed by atoms with E-state index in [1.54, 1.807) is 36.5 Å². The molecule has 1 aliphatic rings. The number of primary amides is 1. The van der Waals surface area contributed by atoms with Crippen molar-refractivity contribution in [1.82, 2.24) is 30.8 Å². The van der Waals surface area contributed by atoms with Crippen molar-refractivity contribution in [3.63, 3.8) is 0 Å². The number of hydrogen-bond donors (Lipinski definition) is 8. The lowest BCUT2D eigenvalue weighted by Crippen LogP contribution is -2.57. The van der Waals surface area contributed by atoms with Gasteiger partial charge in [-0.25, -0.2) is 4.98 Å². The Morgan fingerprint density at radius 3 is 2.47 bits per heavy atom.